The van der Waals surface area contributed by atoms with E-state index in [0.29, 0.717) is 11.3 Å². The van der Waals surface area contributed by atoms with Gasteiger partial charge in [-0.05, 0) is 25.1 Å². The number of benzene rings is 1. The predicted octanol–water partition coefficient (Wildman–Crippen LogP) is 2.09. The Kier molecular flexibility index (Phi) is 2.65. The van der Waals surface area contributed by atoms with Crippen molar-refractivity contribution in [2.45, 2.75) is 18.8 Å². The molecule has 1 saturated heterocycles. The summed E-state index contributed by atoms with van der Waals surface area (Å²) in [6, 6.07) is 5.01. The number of ether oxygens (including phenoxy) is 1. The molecule has 1 unspecified atom stereocenters. The number of hydrogen-bond donors (Lipinski definition) is 1. The molecule has 1 aromatic carbocycles. The Hall–Kier alpha value is -1.09. The van der Waals surface area contributed by atoms with Crippen molar-refractivity contribution in [2.24, 2.45) is 0 Å². The Morgan fingerprint density at radius 3 is 2.87 bits per heavy atom. The van der Waals surface area contributed by atoms with Crippen LogP contribution in [0.2, 0.25) is 0 Å². The Morgan fingerprint density at radius 1 is 1.47 bits per heavy atom. The zero-order valence-electron chi connectivity index (χ0n) is 9.14. The van der Waals surface area contributed by atoms with Gasteiger partial charge in [-0.3, -0.25) is 0 Å². The highest BCUT2D eigenvalue weighted by atomic mass is 19.1. The lowest BCUT2D eigenvalue weighted by atomic mass is 9.81. The zero-order chi connectivity index (χ0) is 10.9. The van der Waals surface area contributed by atoms with Gasteiger partial charge >= 0.3 is 0 Å². The van der Waals surface area contributed by atoms with Crippen molar-refractivity contribution in [1.29, 1.82) is 0 Å². The fourth-order valence-electron chi connectivity index (χ4n) is 2.29. The van der Waals surface area contributed by atoms with Crippen molar-refractivity contribution >= 4 is 0 Å². The summed E-state index contributed by atoms with van der Waals surface area (Å²) in [5.41, 5.74) is 0.564. The summed E-state index contributed by atoms with van der Waals surface area (Å²) in [5, 5.41) is 3.27. The van der Waals surface area contributed by atoms with Crippen molar-refractivity contribution in [3.8, 4) is 5.75 Å². The summed E-state index contributed by atoms with van der Waals surface area (Å²) in [6.07, 6.45) is 0.949. The summed E-state index contributed by atoms with van der Waals surface area (Å²) in [6.45, 7) is 3.83. The van der Waals surface area contributed by atoms with Crippen LogP contribution in [0.4, 0.5) is 4.39 Å². The second-order valence-electron chi connectivity index (χ2n) is 4.30. The van der Waals surface area contributed by atoms with Crippen molar-refractivity contribution in [3.05, 3.63) is 29.6 Å². The van der Waals surface area contributed by atoms with Crippen molar-refractivity contribution < 1.29 is 9.13 Å². The Morgan fingerprint density at radius 2 is 2.27 bits per heavy atom. The third-order valence-corrected chi connectivity index (χ3v) is 3.17. The normalized spacial score (nSPS) is 25.5. The monoisotopic (exact) mass is 209 g/mol. The minimum absolute atomic E-state index is 0.142. The van der Waals surface area contributed by atoms with Crippen LogP contribution in [0, 0.1) is 5.82 Å². The van der Waals surface area contributed by atoms with E-state index in [2.05, 4.69) is 12.2 Å². The van der Waals surface area contributed by atoms with Crippen LogP contribution in [0.15, 0.2) is 18.2 Å². The number of hydrogen-bond acceptors (Lipinski definition) is 2. The predicted molar refractivity (Wildman–Crippen MR) is 57.8 cm³/mol. The van der Waals surface area contributed by atoms with Crippen molar-refractivity contribution in [2.75, 3.05) is 20.2 Å². The molecule has 3 heteroatoms. The highest BCUT2D eigenvalue weighted by Gasteiger charge is 2.35. The van der Waals surface area contributed by atoms with Crippen LogP contribution in [-0.4, -0.2) is 20.2 Å². The Bertz CT molecular complexity index is 359. The zero-order valence-corrected chi connectivity index (χ0v) is 9.14. The molecule has 1 aliphatic rings. The Labute approximate surface area is 89.4 Å². The molecule has 1 fully saturated rings. The molecular formula is C12H16FNO. The van der Waals surface area contributed by atoms with E-state index in [0.717, 1.165) is 19.5 Å². The standard InChI is InChI=1S/C12H16FNO/c1-12(6-7-14-8-12)11-9(13)4-3-5-10(11)15-2/h3-5,14H,6-8H2,1-2H3. The maximum atomic E-state index is 13.8. The van der Waals surface area contributed by atoms with Gasteiger partial charge in [-0.25, -0.2) is 4.39 Å². The fraction of sp³-hybridized carbons (Fsp3) is 0.500. The van der Waals surface area contributed by atoms with Crippen LogP contribution < -0.4 is 10.1 Å². The molecule has 1 aromatic rings. The first-order valence-electron chi connectivity index (χ1n) is 5.21. The molecular weight excluding hydrogens is 193 g/mol. The van der Waals surface area contributed by atoms with Gasteiger partial charge in [0.05, 0.1) is 7.11 Å². The lowest BCUT2D eigenvalue weighted by molar-refractivity contribution is 0.380. The molecule has 1 heterocycles. The smallest absolute Gasteiger partial charge is 0.130 e. The van der Waals surface area contributed by atoms with Crippen LogP contribution in [0.5, 0.6) is 5.75 Å². The van der Waals surface area contributed by atoms with Crippen molar-refractivity contribution in [1.82, 2.24) is 5.32 Å². The largest absolute Gasteiger partial charge is 0.496 e. The summed E-state index contributed by atoms with van der Waals surface area (Å²) < 4.78 is 19.1. The molecule has 0 spiro atoms. The van der Waals surface area contributed by atoms with Gasteiger partial charge in [0.25, 0.3) is 0 Å². The maximum absolute atomic E-state index is 13.8. The lowest BCUT2D eigenvalue weighted by Crippen LogP contribution is -2.26. The molecule has 1 N–H and O–H groups in total. The van der Waals surface area contributed by atoms with E-state index in [9.17, 15) is 4.39 Å². The highest BCUT2D eigenvalue weighted by Crippen LogP contribution is 2.37. The minimum Gasteiger partial charge on any atom is -0.496 e. The average molecular weight is 209 g/mol. The summed E-state index contributed by atoms with van der Waals surface area (Å²) in [5.74, 6) is 0.488. The van der Waals surface area contributed by atoms with Crippen LogP contribution in [0.1, 0.15) is 18.9 Å². The lowest BCUT2D eigenvalue weighted by Gasteiger charge is -2.25. The highest BCUT2D eigenvalue weighted by molar-refractivity contribution is 5.41. The van der Waals surface area contributed by atoms with Gasteiger partial charge in [0.15, 0.2) is 0 Å². The molecule has 0 bridgehead atoms. The maximum Gasteiger partial charge on any atom is 0.130 e. The van der Waals surface area contributed by atoms with E-state index in [1.165, 1.54) is 6.07 Å². The van der Waals surface area contributed by atoms with Crippen LogP contribution in [0.3, 0.4) is 0 Å². The number of nitrogens with one attached hydrogen (secondary N) is 1. The third-order valence-electron chi connectivity index (χ3n) is 3.17. The molecule has 1 aliphatic heterocycles. The first-order chi connectivity index (χ1) is 7.17. The van der Waals surface area contributed by atoms with Crippen molar-refractivity contribution in [3.63, 3.8) is 0 Å². The number of methoxy groups -OCH3 is 1. The van der Waals surface area contributed by atoms with Gasteiger partial charge in [0.2, 0.25) is 0 Å². The quantitative estimate of drug-likeness (QED) is 0.805. The van der Waals surface area contributed by atoms with Gasteiger partial charge in [0.1, 0.15) is 11.6 Å². The van der Waals surface area contributed by atoms with E-state index in [1.54, 1.807) is 13.2 Å². The first kappa shape index (κ1) is 10.4. The van der Waals surface area contributed by atoms with Gasteiger partial charge in [-0.1, -0.05) is 13.0 Å². The molecule has 0 aromatic heterocycles. The molecule has 82 valence electrons. The fourth-order valence-corrected chi connectivity index (χ4v) is 2.29. The van der Waals surface area contributed by atoms with E-state index in [1.807, 2.05) is 6.07 Å². The third kappa shape index (κ3) is 1.72. The average Bonchev–Trinajstić information content (AvgIpc) is 2.65. The molecule has 2 rings (SSSR count). The summed E-state index contributed by atoms with van der Waals surface area (Å²) in [4.78, 5) is 0. The van der Waals surface area contributed by atoms with Crippen LogP contribution >= 0.6 is 0 Å². The van der Waals surface area contributed by atoms with Gasteiger partial charge in [-0.15, -0.1) is 0 Å². The number of rotatable bonds is 2. The van der Waals surface area contributed by atoms with E-state index in [4.69, 9.17) is 4.74 Å². The molecule has 0 radical (unpaired) electrons. The summed E-state index contributed by atoms with van der Waals surface area (Å²) in [7, 11) is 1.59. The molecule has 15 heavy (non-hydrogen) atoms. The molecule has 2 nitrogen and oxygen atoms in total. The van der Waals surface area contributed by atoms with Gasteiger partial charge < -0.3 is 10.1 Å². The van der Waals surface area contributed by atoms with E-state index >= 15 is 0 Å². The van der Waals surface area contributed by atoms with Gasteiger partial charge in [-0.2, -0.15) is 0 Å². The minimum atomic E-state index is -0.166. The van der Waals surface area contributed by atoms with Crippen LogP contribution in [0.25, 0.3) is 0 Å². The second-order valence-corrected chi connectivity index (χ2v) is 4.30. The first-order valence-corrected chi connectivity index (χ1v) is 5.21. The van der Waals surface area contributed by atoms with E-state index in [-0.39, 0.29) is 11.2 Å². The summed E-state index contributed by atoms with van der Waals surface area (Å²) >= 11 is 0. The van der Waals surface area contributed by atoms with Gasteiger partial charge in [0, 0.05) is 17.5 Å². The molecule has 0 saturated carbocycles. The topological polar surface area (TPSA) is 21.3 Å². The SMILES string of the molecule is COc1cccc(F)c1C1(C)CCNC1. The number of halogens is 1. The molecule has 1 atom stereocenters. The second kappa shape index (κ2) is 3.81. The van der Waals surface area contributed by atoms with Crippen LogP contribution in [-0.2, 0) is 5.41 Å². The van der Waals surface area contributed by atoms with E-state index < -0.39 is 0 Å². The molecule has 0 amide bonds. The Balaban J connectivity index is 2.49. The molecule has 0 aliphatic carbocycles.